The first kappa shape index (κ1) is 25.3. The largest absolute Gasteiger partial charge is 0.481 e. The van der Waals surface area contributed by atoms with Crippen molar-refractivity contribution in [1.82, 2.24) is 10.2 Å². The summed E-state index contributed by atoms with van der Waals surface area (Å²) in [5, 5.41) is 12.0. The Morgan fingerprint density at radius 1 is 1.22 bits per heavy atom. The lowest BCUT2D eigenvalue weighted by Crippen LogP contribution is -2.53. The van der Waals surface area contributed by atoms with E-state index in [0.717, 1.165) is 5.56 Å². The van der Waals surface area contributed by atoms with Crippen LogP contribution >= 0.6 is 0 Å². The summed E-state index contributed by atoms with van der Waals surface area (Å²) in [7, 11) is 0. The van der Waals surface area contributed by atoms with Crippen molar-refractivity contribution < 1.29 is 29.0 Å². The Balaban J connectivity index is 2.21. The molecule has 0 spiro atoms. The molecule has 1 aromatic carbocycles. The molecule has 2 amide bonds. The van der Waals surface area contributed by atoms with Crippen molar-refractivity contribution in [2.45, 2.75) is 70.7 Å². The molecule has 1 aromatic rings. The van der Waals surface area contributed by atoms with Crippen molar-refractivity contribution in [1.29, 1.82) is 0 Å². The summed E-state index contributed by atoms with van der Waals surface area (Å²) in [6.45, 7) is 5.40. The molecular weight excluding hydrogens is 414 g/mol. The van der Waals surface area contributed by atoms with Crippen LogP contribution in [0, 0.1) is 5.92 Å². The number of carboxylic acid groups (broad SMARTS) is 1. The number of ether oxygens (including phenoxy) is 1. The van der Waals surface area contributed by atoms with E-state index in [0.29, 0.717) is 19.4 Å². The molecule has 0 saturated carbocycles. The van der Waals surface area contributed by atoms with Gasteiger partial charge in [0.25, 0.3) is 0 Å². The molecule has 0 bridgehead atoms. The third kappa shape index (κ3) is 7.05. The van der Waals surface area contributed by atoms with E-state index in [1.165, 1.54) is 11.8 Å². The zero-order chi connectivity index (χ0) is 23.8. The van der Waals surface area contributed by atoms with Gasteiger partial charge in [0.1, 0.15) is 12.1 Å². The minimum Gasteiger partial charge on any atom is -0.481 e. The van der Waals surface area contributed by atoms with E-state index in [4.69, 9.17) is 10.5 Å². The minimum atomic E-state index is -1.14. The lowest BCUT2D eigenvalue weighted by atomic mass is 10.0. The van der Waals surface area contributed by atoms with Crippen LogP contribution in [0.25, 0.3) is 0 Å². The number of nitrogens with zero attached hydrogens (tertiary/aromatic N) is 1. The molecule has 0 aromatic heterocycles. The average molecular weight is 448 g/mol. The lowest BCUT2D eigenvalue weighted by Gasteiger charge is -2.33. The smallest absolute Gasteiger partial charge is 0.329 e. The quantitative estimate of drug-likeness (QED) is 0.456. The molecule has 4 atom stereocenters. The van der Waals surface area contributed by atoms with Crippen LogP contribution in [0.1, 0.15) is 45.6 Å². The van der Waals surface area contributed by atoms with Crippen molar-refractivity contribution in [3.05, 3.63) is 35.9 Å². The second-order valence-corrected chi connectivity index (χ2v) is 8.53. The molecule has 0 aliphatic carbocycles. The number of carbonyl (C=O) groups is 4. The highest BCUT2D eigenvalue weighted by Crippen LogP contribution is 2.26. The maximum Gasteiger partial charge on any atom is 0.329 e. The number of amides is 2. The summed E-state index contributed by atoms with van der Waals surface area (Å²) >= 11 is 0. The Labute approximate surface area is 188 Å². The van der Waals surface area contributed by atoms with Gasteiger partial charge in [0.15, 0.2) is 0 Å². The van der Waals surface area contributed by atoms with Gasteiger partial charge in [-0.3, -0.25) is 14.4 Å². The summed E-state index contributed by atoms with van der Waals surface area (Å²) in [5.74, 6) is -2.65. The normalized spacial score (nSPS) is 18.7. The number of carboxylic acids is 1. The fraction of sp³-hybridized carbons (Fsp3) is 0.565. The summed E-state index contributed by atoms with van der Waals surface area (Å²) in [6.07, 6.45) is -0.128. The Morgan fingerprint density at radius 2 is 1.88 bits per heavy atom. The van der Waals surface area contributed by atoms with Gasteiger partial charge in [0, 0.05) is 19.9 Å². The van der Waals surface area contributed by atoms with E-state index in [1.54, 1.807) is 0 Å². The van der Waals surface area contributed by atoms with Crippen molar-refractivity contribution in [2.75, 3.05) is 6.54 Å². The number of aliphatic carboxylic acids is 1. The monoisotopic (exact) mass is 447 g/mol. The second kappa shape index (κ2) is 11.6. The van der Waals surface area contributed by atoms with Crippen LogP contribution in [0.4, 0.5) is 0 Å². The Morgan fingerprint density at radius 3 is 2.44 bits per heavy atom. The zero-order valence-corrected chi connectivity index (χ0v) is 18.8. The van der Waals surface area contributed by atoms with Crippen LogP contribution in [0.15, 0.2) is 30.3 Å². The van der Waals surface area contributed by atoms with E-state index in [2.05, 4.69) is 5.32 Å². The van der Waals surface area contributed by atoms with Gasteiger partial charge in [-0.25, -0.2) is 4.79 Å². The second-order valence-electron chi connectivity index (χ2n) is 8.53. The number of rotatable bonds is 10. The molecule has 0 radical (unpaired) electrons. The maximum atomic E-state index is 13.0. The van der Waals surface area contributed by atoms with Crippen molar-refractivity contribution >= 4 is 23.8 Å². The molecule has 1 aliphatic rings. The molecule has 1 heterocycles. The van der Waals surface area contributed by atoms with Gasteiger partial charge >= 0.3 is 11.9 Å². The standard InChI is InChI=1S/C23H33N3O6/c1-14(2)21(24)22(30)26-11-7-10-18(26)19(13-20(28)29)32-23(31)17(25-15(3)27)12-16-8-5-4-6-9-16/h4-6,8-9,14,17-19,21H,7,10-13,24H2,1-3H3,(H,25,27)(H,28,29). The molecule has 4 N–H and O–H groups in total. The predicted octanol–water partition coefficient (Wildman–Crippen LogP) is 1.09. The van der Waals surface area contributed by atoms with Crippen LogP contribution in [-0.4, -0.2) is 64.5 Å². The fourth-order valence-electron chi connectivity index (χ4n) is 3.88. The number of benzene rings is 1. The van der Waals surface area contributed by atoms with E-state index in [-0.39, 0.29) is 18.2 Å². The van der Waals surface area contributed by atoms with E-state index in [9.17, 15) is 24.3 Å². The Kier molecular flexibility index (Phi) is 9.19. The molecule has 9 heteroatoms. The van der Waals surface area contributed by atoms with Crippen LogP contribution in [0.3, 0.4) is 0 Å². The molecule has 1 aliphatic heterocycles. The maximum absolute atomic E-state index is 13.0. The molecular formula is C23H33N3O6. The molecule has 32 heavy (non-hydrogen) atoms. The highest BCUT2D eigenvalue weighted by molar-refractivity contribution is 5.84. The Hall–Kier alpha value is -2.94. The average Bonchev–Trinajstić information content (AvgIpc) is 3.21. The predicted molar refractivity (Wildman–Crippen MR) is 117 cm³/mol. The third-order valence-electron chi connectivity index (χ3n) is 5.60. The number of hydrogen-bond acceptors (Lipinski definition) is 6. The molecule has 4 unspecified atom stereocenters. The highest BCUT2D eigenvalue weighted by atomic mass is 16.5. The molecule has 176 valence electrons. The van der Waals surface area contributed by atoms with Gasteiger partial charge in [-0.2, -0.15) is 0 Å². The van der Waals surface area contributed by atoms with Gasteiger partial charge in [-0.15, -0.1) is 0 Å². The molecule has 9 nitrogen and oxygen atoms in total. The summed E-state index contributed by atoms with van der Waals surface area (Å²) in [5.41, 5.74) is 6.85. The molecule has 2 rings (SSSR count). The number of hydrogen-bond donors (Lipinski definition) is 3. The number of esters is 1. The van der Waals surface area contributed by atoms with Crippen LogP contribution < -0.4 is 11.1 Å². The summed E-state index contributed by atoms with van der Waals surface area (Å²) in [6, 6.07) is 6.84. The van der Waals surface area contributed by atoms with Gasteiger partial charge in [-0.05, 0) is 24.3 Å². The van der Waals surface area contributed by atoms with E-state index in [1.807, 2.05) is 44.2 Å². The van der Waals surface area contributed by atoms with Gasteiger partial charge in [0.2, 0.25) is 11.8 Å². The number of likely N-dealkylation sites (tertiary alicyclic amines) is 1. The van der Waals surface area contributed by atoms with Crippen molar-refractivity contribution in [3.8, 4) is 0 Å². The zero-order valence-electron chi connectivity index (χ0n) is 18.8. The van der Waals surface area contributed by atoms with Gasteiger partial charge in [-0.1, -0.05) is 44.2 Å². The number of nitrogens with one attached hydrogen (secondary N) is 1. The topological polar surface area (TPSA) is 139 Å². The number of nitrogens with two attached hydrogens (primary N) is 1. The van der Waals surface area contributed by atoms with Crippen LogP contribution in [-0.2, 0) is 30.3 Å². The first-order chi connectivity index (χ1) is 15.1. The summed E-state index contributed by atoms with van der Waals surface area (Å²) in [4.78, 5) is 50.6. The molecule has 1 saturated heterocycles. The van der Waals surface area contributed by atoms with E-state index < -0.39 is 48.5 Å². The SMILES string of the molecule is CC(=O)NC(Cc1ccccc1)C(=O)OC(CC(=O)O)C1CCCN1C(=O)C(N)C(C)C. The lowest BCUT2D eigenvalue weighted by molar-refractivity contribution is -0.161. The summed E-state index contributed by atoms with van der Waals surface area (Å²) < 4.78 is 5.63. The van der Waals surface area contributed by atoms with Crippen LogP contribution in [0.5, 0.6) is 0 Å². The van der Waals surface area contributed by atoms with Crippen molar-refractivity contribution in [3.63, 3.8) is 0 Å². The fourth-order valence-corrected chi connectivity index (χ4v) is 3.88. The first-order valence-corrected chi connectivity index (χ1v) is 10.9. The molecule has 1 fully saturated rings. The van der Waals surface area contributed by atoms with Crippen LogP contribution in [0.2, 0.25) is 0 Å². The first-order valence-electron chi connectivity index (χ1n) is 10.9. The Bertz CT molecular complexity index is 813. The minimum absolute atomic E-state index is 0.0840. The van der Waals surface area contributed by atoms with Gasteiger partial charge in [0.05, 0.1) is 18.5 Å². The van der Waals surface area contributed by atoms with Crippen molar-refractivity contribution in [2.24, 2.45) is 11.7 Å². The highest BCUT2D eigenvalue weighted by Gasteiger charge is 2.40. The number of carbonyl (C=O) groups excluding carboxylic acids is 3. The van der Waals surface area contributed by atoms with E-state index >= 15 is 0 Å². The van der Waals surface area contributed by atoms with Gasteiger partial charge < -0.3 is 25.8 Å². The third-order valence-corrected chi connectivity index (χ3v) is 5.60.